The van der Waals surface area contributed by atoms with Crippen LogP contribution in [-0.4, -0.2) is 35.8 Å². The van der Waals surface area contributed by atoms with Gasteiger partial charge in [0.05, 0.1) is 28.4 Å². The molecule has 52 heavy (non-hydrogen) atoms. The van der Waals surface area contributed by atoms with Crippen LogP contribution < -0.4 is 30.6 Å². The molecule has 7 heterocycles. The highest BCUT2D eigenvalue weighted by Gasteiger charge is 2.47. The zero-order valence-corrected chi connectivity index (χ0v) is 28.0. The van der Waals surface area contributed by atoms with E-state index in [4.69, 9.17) is 24.2 Å². The molecule has 244 valence electrons. The molecule has 0 unspecified atom stereocenters. The Morgan fingerprint density at radius 2 is 1.04 bits per heavy atom. The second-order valence-electron chi connectivity index (χ2n) is 13.7. The number of aryl methyl sites for hydroxylation is 2. The average molecular weight is 673 g/mol. The summed E-state index contributed by atoms with van der Waals surface area (Å²) in [6.45, 7) is -0.138. The smallest absolute Gasteiger partial charge is 0.270 e. The van der Waals surface area contributed by atoms with Gasteiger partial charge in [-0.1, -0.05) is 12.1 Å². The first-order valence-electron chi connectivity index (χ1n) is 17.1. The van der Waals surface area contributed by atoms with Crippen LogP contribution in [0.2, 0.25) is 0 Å². The van der Waals surface area contributed by atoms with E-state index in [1.807, 2.05) is 54.6 Å². The van der Waals surface area contributed by atoms with Crippen LogP contribution in [0, 0.1) is 0 Å². The summed E-state index contributed by atoms with van der Waals surface area (Å²) in [7, 11) is 4.08. The Labute approximate surface area is 296 Å². The van der Waals surface area contributed by atoms with Crippen molar-refractivity contribution >= 4 is 55.9 Å². The molecule has 10 heteroatoms. The topological polar surface area (TPSA) is 89.1 Å². The van der Waals surface area contributed by atoms with Gasteiger partial charge in [-0.2, -0.15) is 0 Å². The summed E-state index contributed by atoms with van der Waals surface area (Å²) in [5.41, 5.74) is 11.8. The van der Waals surface area contributed by atoms with E-state index in [0.717, 1.165) is 117 Å². The standard InChI is InChI=1S/C42H25BN6O3/c1-48-21-46-40-27-8-10-30-41(28(27)7-9-29(40)48)47-42(49(30)2)26-17-35-39-36(18-26)52-34-16-25(23-6-4-12-45-20-23)14-32-38(34)43(39)37-31(50-32)13-24(15-33(37)51-35)22-5-3-11-44-19-22/h3-21H,1-2H3. The van der Waals surface area contributed by atoms with Crippen molar-refractivity contribution in [3.05, 3.63) is 116 Å². The summed E-state index contributed by atoms with van der Waals surface area (Å²) in [5, 5.41) is 2.14. The quantitative estimate of drug-likeness (QED) is 0.183. The number of hydrogen-bond acceptors (Lipinski definition) is 7. The van der Waals surface area contributed by atoms with E-state index in [-0.39, 0.29) is 6.71 Å². The fraction of sp³-hybridized carbons (Fsp3) is 0.0476. The van der Waals surface area contributed by atoms with Gasteiger partial charge in [0.25, 0.3) is 6.71 Å². The van der Waals surface area contributed by atoms with Crippen LogP contribution in [0.4, 0.5) is 0 Å². The Kier molecular flexibility index (Phi) is 5.28. The Bertz CT molecular complexity index is 2910. The Balaban J connectivity index is 1.09. The van der Waals surface area contributed by atoms with Crippen molar-refractivity contribution in [2.24, 2.45) is 14.1 Å². The molecular formula is C42H25BN6O3. The summed E-state index contributed by atoms with van der Waals surface area (Å²) >= 11 is 0. The molecule has 3 aliphatic heterocycles. The molecule has 0 fully saturated rings. The second kappa shape index (κ2) is 9.85. The van der Waals surface area contributed by atoms with Crippen molar-refractivity contribution in [1.82, 2.24) is 29.1 Å². The van der Waals surface area contributed by atoms with Gasteiger partial charge in [-0.25, -0.2) is 9.97 Å². The molecule has 0 aliphatic carbocycles. The van der Waals surface area contributed by atoms with Gasteiger partial charge in [0, 0.05) is 82.7 Å². The van der Waals surface area contributed by atoms with Gasteiger partial charge in [-0.05, 0) is 83.9 Å². The molecule has 0 atom stereocenters. The van der Waals surface area contributed by atoms with Gasteiger partial charge in [-0.15, -0.1) is 0 Å². The number of fused-ring (bicyclic) bond motifs is 5. The zero-order chi connectivity index (χ0) is 34.2. The molecule has 0 radical (unpaired) electrons. The highest BCUT2D eigenvalue weighted by atomic mass is 16.5. The number of pyridine rings is 2. The average Bonchev–Trinajstić information content (AvgIpc) is 3.74. The van der Waals surface area contributed by atoms with Crippen LogP contribution in [0.15, 0.2) is 116 Å². The minimum atomic E-state index is -0.138. The number of rotatable bonds is 3. The highest BCUT2D eigenvalue weighted by Crippen LogP contribution is 2.46. The predicted octanol–water partition coefficient (Wildman–Crippen LogP) is 7.24. The maximum atomic E-state index is 6.87. The molecule has 0 amide bonds. The van der Waals surface area contributed by atoms with Crippen molar-refractivity contribution in [2.75, 3.05) is 0 Å². The first-order valence-corrected chi connectivity index (χ1v) is 17.1. The van der Waals surface area contributed by atoms with Crippen LogP contribution in [0.5, 0.6) is 34.5 Å². The lowest BCUT2D eigenvalue weighted by Gasteiger charge is -2.38. The Hall–Kier alpha value is -6.94. The molecular weight excluding hydrogens is 647 g/mol. The third-order valence-electron chi connectivity index (χ3n) is 10.8. The van der Waals surface area contributed by atoms with E-state index >= 15 is 0 Å². The maximum Gasteiger partial charge on any atom is 0.270 e. The molecule has 0 saturated carbocycles. The summed E-state index contributed by atoms with van der Waals surface area (Å²) in [5.74, 6) is 5.31. The molecule has 5 aromatic carbocycles. The Morgan fingerprint density at radius 3 is 1.56 bits per heavy atom. The lowest BCUT2D eigenvalue weighted by molar-refractivity contribution is 0.443. The normalized spacial score (nSPS) is 13.2. The molecule has 3 aliphatic rings. The molecule has 0 saturated heterocycles. The minimum absolute atomic E-state index is 0.138. The first kappa shape index (κ1) is 27.8. The largest absolute Gasteiger partial charge is 0.458 e. The van der Waals surface area contributed by atoms with Gasteiger partial charge < -0.3 is 23.3 Å². The van der Waals surface area contributed by atoms with Crippen molar-refractivity contribution in [2.45, 2.75) is 0 Å². The molecule has 0 bridgehead atoms. The monoisotopic (exact) mass is 672 g/mol. The van der Waals surface area contributed by atoms with E-state index < -0.39 is 0 Å². The molecule has 9 nitrogen and oxygen atoms in total. The van der Waals surface area contributed by atoms with E-state index in [2.05, 4.69) is 82.2 Å². The number of nitrogens with zero attached hydrogens (tertiary/aromatic N) is 6. The van der Waals surface area contributed by atoms with Crippen LogP contribution in [0.25, 0.3) is 66.5 Å². The fourth-order valence-corrected chi connectivity index (χ4v) is 8.40. The summed E-state index contributed by atoms with van der Waals surface area (Å²) < 4.78 is 24.7. The number of hydrogen-bond donors (Lipinski definition) is 0. The summed E-state index contributed by atoms with van der Waals surface area (Å²) in [6, 6.07) is 29.1. The molecule has 4 aromatic heterocycles. The number of ether oxygens (including phenoxy) is 3. The van der Waals surface area contributed by atoms with Crippen molar-refractivity contribution in [3.8, 4) is 68.1 Å². The van der Waals surface area contributed by atoms with Crippen molar-refractivity contribution in [1.29, 1.82) is 0 Å². The Morgan fingerprint density at radius 1 is 0.538 bits per heavy atom. The number of aromatic nitrogens is 6. The van der Waals surface area contributed by atoms with Gasteiger partial charge in [0.15, 0.2) is 0 Å². The van der Waals surface area contributed by atoms with E-state index in [1.165, 1.54) is 0 Å². The highest BCUT2D eigenvalue weighted by molar-refractivity contribution is 6.99. The first-order chi connectivity index (χ1) is 25.6. The maximum absolute atomic E-state index is 6.87. The fourth-order valence-electron chi connectivity index (χ4n) is 8.40. The van der Waals surface area contributed by atoms with Crippen LogP contribution in [-0.2, 0) is 14.1 Å². The zero-order valence-electron chi connectivity index (χ0n) is 28.0. The lowest BCUT2D eigenvalue weighted by Crippen LogP contribution is -2.59. The van der Waals surface area contributed by atoms with Crippen LogP contribution in [0.3, 0.4) is 0 Å². The van der Waals surface area contributed by atoms with Gasteiger partial charge in [0.2, 0.25) is 0 Å². The SMILES string of the molecule is Cn1cnc2c3ccc4c(nc(-c5cc6c7c(c5)Oc5cc(-c8cccnc8)cc8c5B7c5c(cc(-c7cccnc7)cc5O6)O8)n4C)c3ccc21. The number of benzene rings is 5. The summed E-state index contributed by atoms with van der Waals surface area (Å²) in [6.07, 6.45) is 9.14. The third-order valence-corrected chi connectivity index (χ3v) is 10.8. The van der Waals surface area contributed by atoms with Crippen LogP contribution in [0.1, 0.15) is 0 Å². The van der Waals surface area contributed by atoms with E-state index in [9.17, 15) is 0 Å². The minimum Gasteiger partial charge on any atom is -0.458 e. The van der Waals surface area contributed by atoms with Gasteiger partial charge in [0.1, 0.15) is 40.3 Å². The van der Waals surface area contributed by atoms with Gasteiger partial charge in [-0.3, -0.25) is 9.97 Å². The van der Waals surface area contributed by atoms with E-state index in [0.29, 0.717) is 0 Å². The molecule has 9 aromatic rings. The van der Waals surface area contributed by atoms with Crippen molar-refractivity contribution in [3.63, 3.8) is 0 Å². The molecule has 0 N–H and O–H groups in total. The third kappa shape index (κ3) is 3.67. The number of imidazole rings is 2. The van der Waals surface area contributed by atoms with Crippen LogP contribution >= 0.6 is 0 Å². The van der Waals surface area contributed by atoms with Crippen molar-refractivity contribution < 1.29 is 14.2 Å². The second-order valence-corrected chi connectivity index (χ2v) is 13.7. The summed E-state index contributed by atoms with van der Waals surface area (Å²) in [4.78, 5) is 18.8. The van der Waals surface area contributed by atoms with E-state index in [1.54, 1.807) is 12.4 Å². The molecule has 12 rings (SSSR count). The van der Waals surface area contributed by atoms with Gasteiger partial charge >= 0.3 is 0 Å². The lowest BCUT2D eigenvalue weighted by atomic mass is 9.33. The molecule has 0 spiro atoms. The predicted molar refractivity (Wildman–Crippen MR) is 202 cm³/mol.